The van der Waals surface area contributed by atoms with Crippen molar-refractivity contribution in [2.45, 2.75) is 83.4 Å². The molecule has 0 radical (unpaired) electrons. The third-order valence-corrected chi connectivity index (χ3v) is 9.38. The zero-order chi connectivity index (χ0) is 28.0. The van der Waals surface area contributed by atoms with Gasteiger partial charge in [-0.3, -0.25) is 4.79 Å². The molecule has 1 saturated carbocycles. The number of hydrogen-bond acceptors (Lipinski definition) is 10. The lowest BCUT2D eigenvalue weighted by molar-refractivity contribution is -0.235. The minimum atomic E-state index is -1.18. The Hall–Kier alpha value is -2.98. The molecule has 5 rings (SSSR count). The summed E-state index contributed by atoms with van der Waals surface area (Å²) in [6, 6.07) is 0. The van der Waals surface area contributed by atoms with Crippen molar-refractivity contribution in [2.24, 2.45) is 16.7 Å². The van der Waals surface area contributed by atoms with Gasteiger partial charge in [0.2, 0.25) is 6.10 Å². The molecule has 2 saturated heterocycles. The second-order valence-corrected chi connectivity index (χ2v) is 11.5. The highest BCUT2D eigenvalue weighted by molar-refractivity contribution is 5.84. The van der Waals surface area contributed by atoms with Gasteiger partial charge in [0.15, 0.2) is 0 Å². The van der Waals surface area contributed by atoms with E-state index in [-0.39, 0.29) is 31.8 Å². The summed E-state index contributed by atoms with van der Waals surface area (Å²) >= 11 is 0. The SMILES string of the molecule is CC(=O)OC1C(=O)OCC23CCC(C)=CC2OC2CC(OC(=O)C=CC=CC(=O)OCCC1C)C3(C)C21CO1. The van der Waals surface area contributed by atoms with Crippen molar-refractivity contribution >= 4 is 23.9 Å². The Morgan fingerprint density at radius 1 is 1.05 bits per heavy atom. The van der Waals surface area contributed by atoms with Crippen molar-refractivity contribution in [3.63, 3.8) is 0 Å². The summed E-state index contributed by atoms with van der Waals surface area (Å²) in [6.45, 7) is 7.51. The molecule has 5 aliphatic rings. The third-order valence-electron chi connectivity index (χ3n) is 9.38. The molecule has 2 aliphatic carbocycles. The Kier molecular flexibility index (Phi) is 7.22. The van der Waals surface area contributed by atoms with Crippen LogP contribution in [0.15, 0.2) is 36.0 Å². The molecule has 3 aliphatic heterocycles. The van der Waals surface area contributed by atoms with Crippen LogP contribution in [0.5, 0.6) is 0 Å². The van der Waals surface area contributed by atoms with Gasteiger partial charge >= 0.3 is 23.9 Å². The fraction of sp³-hybridized carbons (Fsp3) is 0.655. The minimum Gasteiger partial charge on any atom is -0.463 e. The lowest BCUT2D eigenvalue weighted by Gasteiger charge is -2.58. The highest BCUT2D eigenvalue weighted by atomic mass is 16.6. The number of esters is 4. The van der Waals surface area contributed by atoms with E-state index in [4.69, 9.17) is 28.4 Å². The molecule has 39 heavy (non-hydrogen) atoms. The molecule has 0 N–H and O–H groups in total. The molecule has 10 nitrogen and oxygen atoms in total. The molecule has 3 fully saturated rings. The smallest absolute Gasteiger partial charge is 0.347 e. The molecule has 0 aromatic rings. The zero-order valence-corrected chi connectivity index (χ0v) is 22.8. The van der Waals surface area contributed by atoms with E-state index in [1.165, 1.54) is 36.8 Å². The third kappa shape index (κ3) is 4.61. The van der Waals surface area contributed by atoms with E-state index in [1.807, 2.05) is 6.92 Å². The van der Waals surface area contributed by atoms with Gasteiger partial charge in [0.25, 0.3) is 0 Å². The molecule has 2 bridgehead atoms. The number of epoxide rings is 1. The average molecular weight is 545 g/mol. The van der Waals surface area contributed by atoms with Crippen LogP contribution in [0.25, 0.3) is 0 Å². The van der Waals surface area contributed by atoms with E-state index in [1.54, 1.807) is 6.92 Å². The van der Waals surface area contributed by atoms with Crippen LogP contribution in [0.2, 0.25) is 0 Å². The summed E-state index contributed by atoms with van der Waals surface area (Å²) in [5.74, 6) is -2.94. The monoisotopic (exact) mass is 544 g/mol. The summed E-state index contributed by atoms with van der Waals surface area (Å²) in [6.07, 6.45) is 7.10. The Bertz CT molecular complexity index is 1130. The largest absolute Gasteiger partial charge is 0.463 e. The molecular weight excluding hydrogens is 508 g/mol. The molecule has 10 heteroatoms. The minimum absolute atomic E-state index is 0.00601. The van der Waals surface area contributed by atoms with Crippen LogP contribution in [-0.2, 0) is 47.6 Å². The fourth-order valence-corrected chi connectivity index (χ4v) is 6.98. The lowest BCUT2D eigenvalue weighted by Crippen LogP contribution is -2.67. The second kappa shape index (κ2) is 10.2. The highest BCUT2D eigenvalue weighted by Gasteiger charge is 2.83. The summed E-state index contributed by atoms with van der Waals surface area (Å²) < 4.78 is 35.3. The maximum absolute atomic E-state index is 13.5. The van der Waals surface area contributed by atoms with E-state index in [9.17, 15) is 19.2 Å². The van der Waals surface area contributed by atoms with E-state index >= 15 is 0 Å². The summed E-state index contributed by atoms with van der Waals surface area (Å²) in [7, 11) is 0. The zero-order valence-electron chi connectivity index (χ0n) is 22.8. The van der Waals surface area contributed by atoms with Crippen LogP contribution in [0.3, 0.4) is 0 Å². The highest BCUT2D eigenvalue weighted by Crippen LogP contribution is 2.72. The Morgan fingerprint density at radius 2 is 1.77 bits per heavy atom. The van der Waals surface area contributed by atoms with Crippen molar-refractivity contribution < 1.29 is 47.6 Å². The second-order valence-electron chi connectivity index (χ2n) is 11.5. The van der Waals surface area contributed by atoms with Gasteiger partial charge < -0.3 is 28.4 Å². The summed E-state index contributed by atoms with van der Waals surface area (Å²) in [5, 5.41) is 0. The number of carbonyl (C=O) groups excluding carboxylic acids is 4. The normalized spacial score (nSPS) is 42.3. The van der Waals surface area contributed by atoms with Gasteiger partial charge in [0.1, 0.15) is 18.3 Å². The van der Waals surface area contributed by atoms with Gasteiger partial charge in [0, 0.05) is 36.8 Å². The Morgan fingerprint density at radius 3 is 2.46 bits per heavy atom. The van der Waals surface area contributed by atoms with Crippen molar-refractivity contribution in [2.75, 3.05) is 19.8 Å². The number of allylic oxidation sites excluding steroid dienone is 3. The van der Waals surface area contributed by atoms with Gasteiger partial charge in [-0.15, -0.1) is 0 Å². The van der Waals surface area contributed by atoms with Crippen LogP contribution in [0, 0.1) is 16.7 Å². The van der Waals surface area contributed by atoms with Crippen LogP contribution in [0.4, 0.5) is 0 Å². The number of cyclic esters (lactones) is 2. The first kappa shape index (κ1) is 27.6. The Labute approximate surface area is 227 Å². The molecule has 212 valence electrons. The van der Waals surface area contributed by atoms with Gasteiger partial charge in [0.05, 0.1) is 30.8 Å². The maximum atomic E-state index is 13.5. The Balaban J connectivity index is 1.54. The number of rotatable bonds is 1. The summed E-state index contributed by atoms with van der Waals surface area (Å²) in [4.78, 5) is 50.2. The number of ether oxygens (including phenoxy) is 6. The molecule has 8 unspecified atom stereocenters. The van der Waals surface area contributed by atoms with Crippen LogP contribution in [-0.4, -0.2) is 73.7 Å². The van der Waals surface area contributed by atoms with Gasteiger partial charge in [-0.1, -0.05) is 37.6 Å². The first-order valence-electron chi connectivity index (χ1n) is 13.5. The van der Waals surface area contributed by atoms with E-state index in [0.29, 0.717) is 19.4 Å². The average Bonchev–Trinajstić information content (AvgIpc) is 3.66. The lowest BCUT2D eigenvalue weighted by atomic mass is 9.51. The molecule has 3 heterocycles. The topological polar surface area (TPSA) is 127 Å². The van der Waals surface area contributed by atoms with Crippen molar-refractivity contribution in [3.05, 3.63) is 36.0 Å². The number of carbonyl (C=O) groups is 4. The van der Waals surface area contributed by atoms with Gasteiger partial charge in [-0.05, 0) is 26.2 Å². The first-order valence-corrected chi connectivity index (χ1v) is 13.5. The molecular formula is C29H36O10. The van der Waals surface area contributed by atoms with E-state index in [2.05, 4.69) is 13.0 Å². The molecule has 0 amide bonds. The van der Waals surface area contributed by atoms with Crippen molar-refractivity contribution in [1.82, 2.24) is 0 Å². The number of hydrogen-bond donors (Lipinski definition) is 0. The predicted molar refractivity (Wildman–Crippen MR) is 135 cm³/mol. The molecule has 0 aromatic carbocycles. The predicted octanol–water partition coefficient (Wildman–Crippen LogP) is 2.74. The molecule has 2 spiro atoms. The van der Waals surface area contributed by atoms with Crippen molar-refractivity contribution in [1.29, 1.82) is 0 Å². The summed E-state index contributed by atoms with van der Waals surface area (Å²) in [5.41, 5.74) is -0.944. The van der Waals surface area contributed by atoms with Gasteiger partial charge in [-0.2, -0.15) is 0 Å². The fourth-order valence-electron chi connectivity index (χ4n) is 6.98. The quantitative estimate of drug-likeness (QED) is 0.210. The van der Waals surface area contributed by atoms with E-state index in [0.717, 1.165) is 6.42 Å². The van der Waals surface area contributed by atoms with E-state index < -0.39 is 58.4 Å². The van der Waals surface area contributed by atoms with Crippen molar-refractivity contribution in [3.8, 4) is 0 Å². The van der Waals surface area contributed by atoms with Crippen LogP contribution >= 0.6 is 0 Å². The molecule has 0 aromatic heterocycles. The van der Waals surface area contributed by atoms with Crippen LogP contribution in [0.1, 0.15) is 53.4 Å². The van der Waals surface area contributed by atoms with Crippen LogP contribution < -0.4 is 0 Å². The first-order chi connectivity index (χ1) is 18.5. The van der Waals surface area contributed by atoms with Gasteiger partial charge in [-0.25, -0.2) is 14.4 Å². The standard InChI is InChI=1S/C29H36O10/c1-17-9-11-28-15-35-26(33)25(37-19(3)30)18(2)10-12-34-23(31)7-5-6-8-24(32)39-20-14-22(38-21(28)13-17)29(16-36-29)27(20,28)4/h5-8,13,18,20-22,25H,9-12,14-16H2,1-4H3. The molecule has 8 atom stereocenters. The maximum Gasteiger partial charge on any atom is 0.347 e.